The molecule has 4 rings (SSSR count). The molecule has 10 nitrogen and oxygen atoms in total. The van der Waals surface area contributed by atoms with E-state index in [2.05, 4.69) is 18.9 Å². The molecular formula is C31H33N3O7. The number of ether oxygens (including phenoxy) is 4. The molecule has 214 valence electrons. The lowest BCUT2D eigenvalue weighted by Gasteiger charge is -2.18. The summed E-state index contributed by atoms with van der Waals surface area (Å²) < 4.78 is 23.4. The van der Waals surface area contributed by atoms with Gasteiger partial charge in [-0.3, -0.25) is 4.79 Å². The number of para-hydroxylation sites is 1. The third kappa shape index (κ3) is 6.16. The molecular weight excluding hydrogens is 526 g/mol. The maximum Gasteiger partial charge on any atom is 0.341 e. The fourth-order valence-electron chi connectivity index (χ4n) is 4.45. The van der Waals surface area contributed by atoms with Crippen LogP contribution in [0.5, 0.6) is 23.0 Å². The number of hydrogen-bond acceptors (Lipinski definition) is 8. The summed E-state index contributed by atoms with van der Waals surface area (Å²) in [5.74, 6) is 0.855. The smallest absolute Gasteiger partial charge is 0.341 e. The molecule has 0 aliphatic rings. The minimum Gasteiger partial charge on any atom is -0.494 e. The van der Waals surface area contributed by atoms with Crippen molar-refractivity contribution in [1.29, 1.82) is 0 Å². The van der Waals surface area contributed by atoms with Gasteiger partial charge in [0, 0.05) is 11.1 Å². The van der Waals surface area contributed by atoms with Crippen molar-refractivity contribution in [2.75, 3.05) is 27.4 Å². The lowest BCUT2D eigenvalue weighted by atomic mass is 9.96. The SMILES string of the molecule is CCOc1cc(C)c(-c2nc3ccccc3c(=O)n2N=Cc2cc(OC)c(OCC(=O)O)c(OC)c2)cc1C(C)C. The Morgan fingerprint density at radius 1 is 1.05 bits per heavy atom. The zero-order chi connectivity index (χ0) is 29.7. The van der Waals surface area contributed by atoms with Gasteiger partial charge in [0.15, 0.2) is 23.9 Å². The topological polar surface area (TPSA) is 121 Å². The molecule has 4 aromatic rings. The summed E-state index contributed by atoms with van der Waals surface area (Å²) in [5, 5.41) is 14.0. The van der Waals surface area contributed by atoms with E-state index in [1.807, 2.05) is 32.0 Å². The number of carboxylic acid groups (broad SMARTS) is 1. The molecule has 0 unspecified atom stereocenters. The first-order chi connectivity index (χ1) is 19.7. The maximum atomic E-state index is 13.8. The van der Waals surface area contributed by atoms with Gasteiger partial charge in [0.25, 0.3) is 5.56 Å². The quantitative estimate of drug-likeness (QED) is 0.247. The fraction of sp³-hybridized carbons (Fsp3) is 0.290. The van der Waals surface area contributed by atoms with Gasteiger partial charge in [-0.15, -0.1) is 0 Å². The first-order valence-corrected chi connectivity index (χ1v) is 13.1. The van der Waals surface area contributed by atoms with Crippen LogP contribution >= 0.6 is 0 Å². The van der Waals surface area contributed by atoms with Crippen molar-refractivity contribution in [3.63, 3.8) is 0 Å². The minimum atomic E-state index is -1.14. The van der Waals surface area contributed by atoms with Crippen LogP contribution in [-0.4, -0.2) is 54.4 Å². The van der Waals surface area contributed by atoms with Crippen LogP contribution in [0.3, 0.4) is 0 Å². The third-order valence-corrected chi connectivity index (χ3v) is 6.42. The molecule has 41 heavy (non-hydrogen) atoms. The Morgan fingerprint density at radius 3 is 2.34 bits per heavy atom. The molecule has 1 N–H and O–H groups in total. The Balaban J connectivity index is 1.91. The third-order valence-electron chi connectivity index (χ3n) is 6.42. The summed E-state index contributed by atoms with van der Waals surface area (Å²) in [6.45, 7) is 8.03. The second-order valence-electron chi connectivity index (χ2n) is 9.54. The van der Waals surface area contributed by atoms with Crippen molar-refractivity contribution in [3.8, 4) is 34.4 Å². The van der Waals surface area contributed by atoms with Gasteiger partial charge in [0.2, 0.25) is 5.75 Å². The van der Waals surface area contributed by atoms with Gasteiger partial charge < -0.3 is 24.1 Å². The van der Waals surface area contributed by atoms with E-state index in [-0.39, 0.29) is 28.7 Å². The number of hydrogen-bond donors (Lipinski definition) is 1. The largest absolute Gasteiger partial charge is 0.494 e. The van der Waals surface area contributed by atoms with Crippen LogP contribution in [0.4, 0.5) is 0 Å². The number of aryl methyl sites for hydroxylation is 1. The van der Waals surface area contributed by atoms with Crippen molar-refractivity contribution in [3.05, 3.63) is 75.6 Å². The Morgan fingerprint density at radius 2 is 1.73 bits per heavy atom. The first-order valence-electron chi connectivity index (χ1n) is 13.1. The predicted octanol–water partition coefficient (Wildman–Crippen LogP) is 5.26. The molecule has 0 bridgehead atoms. The van der Waals surface area contributed by atoms with Crippen molar-refractivity contribution in [1.82, 2.24) is 9.66 Å². The number of aliphatic carboxylic acids is 1. The molecule has 1 aromatic heterocycles. The highest BCUT2D eigenvalue weighted by Crippen LogP contribution is 2.38. The number of aromatic nitrogens is 2. The van der Waals surface area contributed by atoms with E-state index in [0.29, 0.717) is 28.9 Å². The van der Waals surface area contributed by atoms with E-state index in [1.54, 1.807) is 30.3 Å². The molecule has 0 atom stereocenters. The van der Waals surface area contributed by atoms with E-state index >= 15 is 0 Å². The highest BCUT2D eigenvalue weighted by atomic mass is 16.5. The standard InChI is InChI=1S/C31H33N3O7/c1-7-40-25-12-19(4)23(15-22(25)18(2)3)30-33-24-11-9-8-10-21(24)31(37)34(30)32-16-20-13-26(38-5)29(27(14-20)39-6)41-17-28(35)36/h8-16,18H,7,17H2,1-6H3,(H,35,36). The molecule has 0 spiro atoms. The Kier molecular flexibility index (Phi) is 8.91. The van der Waals surface area contributed by atoms with Gasteiger partial charge in [-0.05, 0) is 67.3 Å². The fourth-order valence-corrected chi connectivity index (χ4v) is 4.45. The van der Waals surface area contributed by atoms with Gasteiger partial charge in [0.05, 0.1) is 37.9 Å². The van der Waals surface area contributed by atoms with Crippen molar-refractivity contribution in [2.45, 2.75) is 33.6 Å². The molecule has 0 fully saturated rings. The highest BCUT2D eigenvalue weighted by molar-refractivity contribution is 5.84. The van der Waals surface area contributed by atoms with E-state index in [9.17, 15) is 9.59 Å². The molecule has 0 saturated carbocycles. The van der Waals surface area contributed by atoms with Crippen molar-refractivity contribution >= 4 is 23.1 Å². The average Bonchev–Trinajstić information content (AvgIpc) is 2.95. The lowest BCUT2D eigenvalue weighted by molar-refractivity contribution is -0.139. The number of nitrogens with zero attached hydrogens (tertiary/aromatic N) is 3. The molecule has 10 heteroatoms. The number of rotatable bonds is 11. The van der Waals surface area contributed by atoms with Crippen molar-refractivity contribution < 1.29 is 28.8 Å². The molecule has 0 radical (unpaired) electrons. The Labute approximate surface area is 237 Å². The molecule has 3 aromatic carbocycles. The summed E-state index contributed by atoms with van der Waals surface area (Å²) in [6, 6.07) is 14.3. The number of methoxy groups -OCH3 is 2. The number of carbonyl (C=O) groups is 1. The second kappa shape index (κ2) is 12.5. The molecule has 0 aliphatic heterocycles. The number of benzene rings is 3. The number of carboxylic acids is 1. The van der Waals surface area contributed by atoms with Crippen LogP contribution in [-0.2, 0) is 4.79 Å². The first kappa shape index (κ1) is 29.1. The van der Waals surface area contributed by atoms with E-state index in [4.69, 9.17) is 29.0 Å². The van der Waals surface area contributed by atoms with Crippen LogP contribution in [0.15, 0.2) is 58.4 Å². The van der Waals surface area contributed by atoms with Crippen LogP contribution in [0.25, 0.3) is 22.3 Å². The van der Waals surface area contributed by atoms with Crippen LogP contribution < -0.4 is 24.5 Å². The summed E-state index contributed by atoms with van der Waals surface area (Å²) in [4.78, 5) is 29.6. The van der Waals surface area contributed by atoms with Gasteiger partial charge in [-0.1, -0.05) is 26.0 Å². The minimum absolute atomic E-state index is 0.144. The Bertz CT molecular complexity index is 1650. The summed E-state index contributed by atoms with van der Waals surface area (Å²) in [5.41, 5.74) is 3.38. The van der Waals surface area contributed by atoms with Crippen molar-refractivity contribution in [2.24, 2.45) is 5.10 Å². The summed E-state index contributed by atoms with van der Waals surface area (Å²) in [6.07, 6.45) is 1.49. The predicted molar refractivity (Wildman–Crippen MR) is 157 cm³/mol. The average molecular weight is 560 g/mol. The van der Waals surface area contributed by atoms with Gasteiger partial charge in [0.1, 0.15) is 5.75 Å². The van der Waals surface area contributed by atoms with Gasteiger partial charge >= 0.3 is 5.97 Å². The summed E-state index contributed by atoms with van der Waals surface area (Å²) in [7, 11) is 2.86. The molecule has 0 saturated heterocycles. The van der Waals surface area contributed by atoms with E-state index < -0.39 is 12.6 Å². The van der Waals surface area contributed by atoms with E-state index in [0.717, 1.165) is 22.4 Å². The molecule has 0 amide bonds. The molecule has 0 aliphatic carbocycles. The number of fused-ring (bicyclic) bond motifs is 1. The normalized spacial score (nSPS) is 11.3. The van der Waals surface area contributed by atoms with Crippen LogP contribution in [0.1, 0.15) is 43.4 Å². The second-order valence-corrected chi connectivity index (χ2v) is 9.54. The van der Waals surface area contributed by atoms with Crippen LogP contribution in [0.2, 0.25) is 0 Å². The van der Waals surface area contributed by atoms with Gasteiger partial charge in [-0.25, -0.2) is 9.78 Å². The van der Waals surface area contributed by atoms with Gasteiger partial charge in [-0.2, -0.15) is 9.78 Å². The summed E-state index contributed by atoms with van der Waals surface area (Å²) >= 11 is 0. The van der Waals surface area contributed by atoms with E-state index in [1.165, 1.54) is 25.1 Å². The monoisotopic (exact) mass is 559 g/mol. The highest BCUT2D eigenvalue weighted by Gasteiger charge is 2.19. The molecule has 1 heterocycles. The lowest BCUT2D eigenvalue weighted by Crippen LogP contribution is -2.21. The van der Waals surface area contributed by atoms with Crippen LogP contribution in [0, 0.1) is 6.92 Å². The Hall–Kier alpha value is -4.86. The maximum absolute atomic E-state index is 13.8. The zero-order valence-electron chi connectivity index (χ0n) is 23.9. The zero-order valence-corrected chi connectivity index (χ0v) is 23.9.